The van der Waals surface area contributed by atoms with E-state index in [1.54, 1.807) is 12.1 Å². The molecule has 0 amide bonds. The monoisotopic (exact) mass is 316 g/mol. The van der Waals surface area contributed by atoms with Crippen molar-refractivity contribution in [2.45, 2.75) is 13.1 Å². The number of hydrogen-bond acceptors (Lipinski definition) is 4. The third kappa shape index (κ3) is 3.91. The lowest BCUT2D eigenvalue weighted by Crippen LogP contribution is -2.11. The van der Waals surface area contributed by atoms with E-state index >= 15 is 0 Å². The molecular weight excluding hydrogens is 307 g/mol. The number of nitro groups is 1. The first-order valence-electron chi connectivity index (χ1n) is 5.44. The summed E-state index contributed by atoms with van der Waals surface area (Å²) in [5.74, 6) is 0. The molecule has 1 heterocycles. The zero-order valence-electron chi connectivity index (χ0n) is 9.73. The summed E-state index contributed by atoms with van der Waals surface area (Å²) >= 11 is 13.1. The van der Waals surface area contributed by atoms with E-state index in [-0.39, 0.29) is 10.7 Å². The number of nitrogens with zero attached hydrogens (tertiary/aromatic N) is 1. The third-order valence-corrected chi connectivity index (χ3v) is 4.02. The zero-order valence-corrected chi connectivity index (χ0v) is 12.1. The number of nitro benzene ring substituents is 1. The van der Waals surface area contributed by atoms with E-state index in [1.165, 1.54) is 17.4 Å². The number of rotatable bonds is 5. The molecule has 0 fully saturated rings. The largest absolute Gasteiger partial charge is 0.308 e. The maximum absolute atomic E-state index is 10.8. The molecule has 0 saturated carbocycles. The van der Waals surface area contributed by atoms with E-state index in [9.17, 15) is 10.1 Å². The molecule has 0 aliphatic carbocycles. The first kappa shape index (κ1) is 14.3. The summed E-state index contributed by atoms with van der Waals surface area (Å²) in [6.45, 7) is 1.21. The van der Waals surface area contributed by atoms with Crippen molar-refractivity contribution in [1.82, 2.24) is 5.32 Å². The number of thiophene rings is 1. The molecule has 7 heteroatoms. The van der Waals surface area contributed by atoms with Crippen LogP contribution >= 0.6 is 34.5 Å². The summed E-state index contributed by atoms with van der Waals surface area (Å²) in [6.07, 6.45) is 0. The van der Waals surface area contributed by atoms with Crippen LogP contribution in [0.1, 0.15) is 10.4 Å². The van der Waals surface area contributed by atoms with Gasteiger partial charge >= 0.3 is 0 Å². The van der Waals surface area contributed by atoms with Gasteiger partial charge in [0, 0.05) is 24.0 Å². The summed E-state index contributed by atoms with van der Waals surface area (Å²) in [7, 11) is 0. The minimum Gasteiger partial charge on any atom is -0.308 e. The van der Waals surface area contributed by atoms with Gasteiger partial charge in [-0.15, -0.1) is 11.3 Å². The number of hydrogen-bond donors (Lipinski definition) is 1. The molecule has 1 N–H and O–H groups in total. The second kappa shape index (κ2) is 6.34. The third-order valence-electron chi connectivity index (χ3n) is 2.46. The van der Waals surface area contributed by atoms with Gasteiger partial charge in [-0.25, -0.2) is 0 Å². The number of benzene rings is 1. The van der Waals surface area contributed by atoms with Gasteiger partial charge in [-0.3, -0.25) is 10.1 Å². The Morgan fingerprint density at radius 1 is 1.21 bits per heavy atom. The fourth-order valence-corrected chi connectivity index (χ4v) is 2.83. The smallest absolute Gasteiger partial charge is 0.288 e. The average Bonchev–Trinajstić information content (AvgIpc) is 2.77. The maximum atomic E-state index is 10.8. The van der Waals surface area contributed by atoms with Crippen LogP contribution in [0.25, 0.3) is 0 Å². The Labute approximate surface area is 124 Å². The Kier molecular flexibility index (Phi) is 4.76. The minimum absolute atomic E-state index is 0.0693. The molecule has 1 aromatic heterocycles. The SMILES string of the molecule is O=[N+]([O-])c1cc(CNCc2ccc(Cl)s2)ccc1Cl. The van der Waals surface area contributed by atoms with Crippen LogP contribution in [0.2, 0.25) is 9.36 Å². The van der Waals surface area contributed by atoms with Gasteiger partial charge in [0.2, 0.25) is 0 Å². The molecule has 0 aliphatic rings. The van der Waals surface area contributed by atoms with Gasteiger partial charge in [-0.05, 0) is 23.8 Å². The highest BCUT2D eigenvalue weighted by molar-refractivity contribution is 7.16. The maximum Gasteiger partial charge on any atom is 0.288 e. The topological polar surface area (TPSA) is 55.2 Å². The van der Waals surface area contributed by atoms with Crippen molar-refractivity contribution in [3.8, 4) is 0 Å². The first-order chi connectivity index (χ1) is 9.06. The van der Waals surface area contributed by atoms with Crippen molar-refractivity contribution in [2.24, 2.45) is 0 Å². The van der Waals surface area contributed by atoms with Gasteiger partial charge in [0.15, 0.2) is 0 Å². The summed E-state index contributed by atoms with van der Waals surface area (Å²) in [6, 6.07) is 8.58. The highest BCUT2D eigenvalue weighted by atomic mass is 35.5. The van der Waals surface area contributed by atoms with E-state index in [0.717, 1.165) is 14.8 Å². The average molecular weight is 317 g/mol. The molecule has 0 radical (unpaired) electrons. The van der Waals surface area contributed by atoms with Crippen LogP contribution in [0.3, 0.4) is 0 Å². The van der Waals surface area contributed by atoms with E-state index in [0.29, 0.717) is 13.1 Å². The van der Waals surface area contributed by atoms with Crippen LogP contribution in [-0.2, 0) is 13.1 Å². The number of nitrogens with one attached hydrogen (secondary N) is 1. The molecule has 0 spiro atoms. The summed E-state index contributed by atoms with van der Waals surface area (Å²) in [4.78, 5) is 11.4. The normalized spacial score (nSPS) is 10.6. The lowest BCUT2D eigenvalue weighted by Gasteiger charge is -2.04. The minimum atomic E-state index is -0.481. The second-order valence-corrected chi connectivity index (χ2v) is 6.06. The molecule has 4 nitrogen and oxygen atoms in total. The molecular formula is C12H10Cl2N2O2S. The van der Waals surface area contributed by atoms with Crippen LogP contribution in [0.5, 0.6) is 0 Å². The van der Waals surface area contributed by atoms with Crippen LogP contribution in [0, 0.1) is 10.1 Å². The molecule has 19 heavy (non-hydrogen) atoms. The predicted molar refractivity (Wildman–Crippen MR) is 78.0 cm³/mol. The summed E-state index contributed by atoms with van der Waals surface area (Å²) in [5, 5.41) is 14.1. The first-order valence-corrected chi connectivity index (χ1v) is 7.01. The Morgan fingerprint density at radius 3 is 2.63 bits per heavy atom. The second-order valence-electron chi connectivity index (χ2n) is 3.85. The van der Waals surface area contributed by atoms with Gasteiger partial charge in [0.25, 0.3) is 5.69 Å². The Bertz CT molecular complexity index is 601. The van der Waals surface area contributed by atoms with E-state index in [4.69, 9.17) is 23.2 Å². The Balaban J connectivity index is 1.96. The lowest BCUT2D eigenvalue weighted by atomic mass is 10.2. The van der Waals surface area contributed by atoms with Gasteiger partial charge < -0.3 is 5.32 Å². The fraction of sp³-hybridized carbons (Fsp3) is 0.167. The molecule has 0 bridgehead atoms. The molecule has 2 rings (SSSR count). The van der Waals surface area contributed by atoms with Gasteiger partial charge in [0.1, 0.15) is 5.02 Å². The van der Waals surface area contributed by atoms with E-state index in [2.05, 4.69) is 5.32 Å². The van der Waals surface area contributed by atoms with Crippen LogP contribution in [0.4, 0.5) is 5.69 Å². The Morgan fingerprint density at radius 2 is 2.00 bits per heavy atom. The van der Waals surface area contributed by atoms with Crippen LogP contribution in [0.15, 0.2) is 30.3 Å². The van der Waals surface area contributed by atoms with Crippen molar-refractivity contribution in [2.75, 3.05) is 0 Å². The Hall–Kier alpha value is -1.14. The van der Waals surface area contributed by atoms with E-state index < -0.39 is 4.92 Å². The molecule has 0 unspecified atom stereocenters. The van der Waals surface area contributed by atoms with Crippen LogP contribution < -0.4 is 5.32 Å². The fourth-order valence-electron chi connectivity index (χ4n) is 1.58. The predicted octanol–water partition coefficient (Wildman–Crippen LogP) is 4.25. The lowest BCUT2D eigenvalue weighted by molar-refractivity contribution is -0.384. The zero-order chi connectivity index (χ0) is 13.8. The molecule has 0 aliphatic heterocycles. The molecule has 100 valence electrons. The van der Waals surface area contributed by atoms with Gasteiger partial charge in [-0.1, -0.05) is 29.3 Å². The van der Waals surface area contributed by atoms with Crippen molar-refractivity contribution in [3.05, 3.63) is 60.2 Å². The van der Waals surface area contributed by atoms with Gasteiger partial charge in [0.05, 0.1) is 9.26 Å². The molecule has 1 aromatic carbocycles. The standard InChI is InChI=1S/C12H10Cl2N2O2S/c13-10-3-1-8(5-11(10)16(17)18)6-15-7-9-2-4-12(14)19-9/h1-5,15H,6-7H2. The van der Waals surface area contributed by atoms with Gasteiger partial charge in [-0.2, -0.15) is 0 Å². The quantitative estimate of drug-likeness (QED) is 0.662. The summed E-state index contributed by atoms with van der Waals surface area (Å²) in [5.41, 5.74) is 0.749. The van der Waals surface area contributed by atoms with Crippen LogP contribution in [-0.4, -0.2) is 4.92 Å². The summed E-state index contributed by atoms with van der Waals surface area (Å²) < 4.78 is 0.749. The number of halogens is 2. The molecule has 2 aromatic rings. The molecule has 0 saturated heterocycles. The van der Waals surface area contributed by atoms with Crippen molar-refractivity contribution in [1.29, 1.82) is 0 Å². The van der Waals surface area contributed by atoms with Crippen molar-refractivity contribution >= 4 is 40.2 Å². The highest BCUT2D eigenvalue weighted by Crippen LogP contribution is 2.25. The van der Waals surface area contributed by atoms with Crippen molar-refractivity contribution < 1.29 is 4.92 Å². The highest BCUT2D eigenvalue weighted by Gasteiger charge is 2.12. The van der Waals surface area contributed by atoms with E-state index in [1.807, 2.05) is 12.1 Å². The van der Waals surface area contributed by atoms with Crippen molar-refractivity contribution in [3.63, 3.8) is 0 Å². The molecule has 0 atom stereocenters.